The Bertz CT molecular complexity index is 510. The predicted molar refractivity (Wildman–Crippen MR) is 102 cm³/mol. The van der Waals surface area contributed by atoms with Gasteiger partial charge in [0.25, 0.3) is 0 Å². The van der Waals surface area contributed by atoms with E-state index in [1.807, 2.05) is 0 Å². The van der Waals surface area contributed by atoms with E-state index in [9.17, 15) is 0 Å². The van der Waals surface area contributed by atoms with Crippen LogP contribution in [0.2, 0.25) is 0 Å². The molecule has 1 spiro atoms. The molecular weight excluding hydrogens is 288 g/mol. The normalized spacial score (nSPS) is 50.9. The summed E-state index contributed by atoms with van der Waals surface area (Å²) in [6.45, 7) is 7.86. The molecule has 0 radical (unpaired) electrons. The Labute approximate surface area is 150 Å². The Morgan fingerprint density at radius 3 is 2.21 bits per heavy atom. The average molecular weight is 329 g/mol. The van der Waals surface area contributed by atoms with Gasteiger partial charge >= 0.3 is 0 Å². The number of hydrogen-bond donors (Lipinski definition) is 0. The third-order valence-corrected chi connectivity index (χ3v) is 10.6. The monoisotopic (exact) mass is 328 g/mol. The summed E-state index contributed by atoms with van der Waals surface area (Å²) < 4.78 is 0. The molecule has 0 saturated heterocycles. The van der Waals surface area contributed by atoms with Gasteiger partial charge in [0.05, 0.1) is 0 Å². The van der Waals surface area contributed by atoms with E-state index in [0.717, 1.165) is 34.0 Å². The number of hydrogen-bond acceptors (Lipinski definition) is 0. The average Bonchev–Trinajstić information content (AvgIpc) is 3.47. The van der Waals surface area contributed by atoms with E-state index < -0.39 is 0 Å². The summed E-state index contributed by atoms with van der Waals surface area (Å²) in [5.74, 6) is 3.25. The maximum Gasteiger partial charge on any atom is -0.0243 e. The van der Waals surface area contributed by atoms with Crippen LogP contribution in [0.3, 0.4) is 0 Å². The van der Waals surface area contributed by atoms with E-state index in [2.05, 4.69) is 20.8 Å². The van der Waals surface area contributed by atoms with Crippen molar-refractivity contribution in [1.82, 2.24) is 0 Å². The Kier molecular flexibility index (Phi) is 3.40. The molecule has 136 valence electrons. The second-order valence-electron chi connectivity index (χ2n) is 11.7. The van der Waals surface area contributed by atoms with Crippen molar-refractivity contribution < 1.29 is 0 Å². The largest absolute Gasteiger partial charge is 0.0654 e. The first-order valence-electron chi connectivity index (χ1n) is 11.4. The highest BCUT2D eigenvalue weighted by Gasteiger charge is 2.62. The molecule has 0 bridgehead atoms. The molecule has 24 heavy (non-hydrogen) atoms. The van der Waals surface area contributed by atoms with Crippen LogP contribution in [0.15, 0.2) is 0 Å². The van der Waals surface area contributed by atoms with Gasteiger partial charge in [0.1, 0.15) is 0 Å². The molecule has 0 nitrogen and oxygen atoms in total. The van der Waals surface area contributed by atoms with Crippen LogP contribution in [0.1, 0.15) is 111 Å². The van der Waals surface area contributed by atoms with Gasteiger partial charge in [0.2, 0.25) is 0 Å². The summed E-state index contributed by atoms with van der Waals surface area (Å²) in [5.41, 5.74) is 3.05. The standard InChI is InChI=1S/C24H40/c1-4-8-24(14-15-24)21(2)9-7-20-18(16-21)5-6-19-17-23(12-13-23)11-10-22(19,20)3/h18-20H,4-17H2,1-3H3. The predicted octanol–water partition coefficient (Wildman–Crippen LogP) is 7.37. The minimum Gasteiger partial charge on any atom is -0.0654 e. The summed E-state index contributed by atoms with van der Waals surface area (Å²) in [6.07, 6.45) is 21.8. The lowest BCUT2D eigenvalue weighted by Gasteiger charge is -2.60. The molecule has 5 atom stereocenters. The van der Waals surface area contributed by atoms with Gasteiger partial charge in [-0.2, -0.15) is 0 Å². The summed E-state index contributed by atoms with van der Waals surface area (Å²) in [5, 5.41) is 0. The smallest absolute Gasteiger partial charge is 0.0243 e. The van der Waals surface area contributed by atoms with E-state index in [-0.39, 0.29) is 0 Å². The van der Waals surface area contributed by atoms with Gasteiger partial charge in [-0.25, -0.2) is 0 Å². The zero-order valence-electron chi connectivity index (χ0n) is 16.6. The van der Waals surface area contributed by atoms with Crippen molar-refractivity contribution in [2.24, 2.45) is 39.4 Å². The van der Waals surface area contributed by atoms with Crippen LogP contribution < -0.4 is 0 Å². The van der Waals surface area contributed by atoms with Gasteiger partial charge in [-0.15, -0.1) is 0 Å². The maximum atomic E-state index is 2.74. The highest BCUT2D eigenvalue weighted by atomic mass is 14.7. The van der Waals surface area contributed by atoms with Crippen molar-refractivity contribution in [2.45, 2.75) is 111 Å². The molecule has 0 aliphatic heterocycles. The molecule has 0 aromatic rings. The summed E-state index contributed by atoms with van der Waals surface area (Å²) in [7, 11) is 0. The summed E-state index contributed by atoms with van der Waals surface area (Å²) in [6, 6.07) is 0. The summed E-state index contributed by atoms with van der Waals surface area (Å²) in [4.78, 5) is 0. The molecule has 0 amide bonds. The first kappa shape index (κ1) is 16.2. The lowest BCUT2D eigenvalue weighted by atomic mass is 9.45. The van der Waals surface area contributed by atoms with E-state index in [0.29, 0.717) is 5.41 Å². The Hall–Kier alpha value is 0. The highest BCUT2D eigenvalue weighted by Crippen LogP contribution is 2.72. The van der Waals surface area contributed by atoms with Crippen molar-refractivity contribution in [3.05, 3.63) is 0 Å². The van der Waals surface area contributed by atoms with Crippen LogP contribution in [0.25, 0.3) is 0 Å². The third kappa shape index (κ3) is 2.16. The SMILES string of the molecule is CCCC1(C2(C)CCC3C(CCC4CC5(CC5)CCC43C)C2)CC1. The van der Waals surface area contributed by atoms with E-state index in [1.165, 1.54) is 12.8 Å². The molecule has 0 heteroatoms. The molecule has 0 N–H and O–H groups in total. The van der Waals surface area contributed by atoms with Gasteiger partial charge in [0.15, 0.2) is 0 Å². The molecule has 5 unspecified atom stereocenters. The zero-order chi connectivity index (χ0) is 16.6. The highest BCUT2D eigenvalue weighted by molar-refractivity contribution is 5.12. The van der Waals surface area contributed by atoms with Gasteiger partial charge < -0.3 is 0 Å². The quantitative estimate of drug-likeness (QED) is 0.507. The molecule has 5 aliphatic rings. The minimum absolute atomic E-state index is 0.694. The van der Waals surface area contributed by atoms with Gasteiger partial charge in [-0.3, -0.25) is 0 Å². The van der Waals surface area contributed by atoms with Gasteiger partial charge in [0, 0.05) is 0 Å². The van der Waals surface area contributed by atoms with Crippen molar-refractivity contribution in [2.75, 3.05) is 0 Å². The first-order valence-corrected chi connectivity index (χ1v) is 11.4. The Balaban J connectivity index is 1.35. The fourth-order valence-corrected chi connectivity index (χ4v) is 8.53. The fraction of sp³-hybridized carbons (Fsp3) is 1.00. The molecule has 0 aromatic heterocycles. The zero-order valence-corrected chi connectivity index (χ0v) is 16.6. The first-order chi connectivity index (χ1) is 11.4. The van der Waals surface area contributed by atoms with Crippen molar-refractivity contribution in [3.8, 4) is 0 Å². The topological polar surface area (TPSA) is 0 Å². The van der Waals surface area contributed by atoms with Crippen LogP contribution in [-0.4, -0.2) is 0 Å². The van der Waals surface area contributed by atoms with Crippen LogP contribution in [0.4, 0.5) is 0 Å². The third-order valence-electron chi connectivity index (χ3n) is 10.6. The van der Waals surface area contributed by atoms with E-state index in [1.54, 1.807) is 77.0 Å². The van der Waals surface area contributed by atoms with Crippen molar-refractivity contribution >= 4 is 0 Å². The lowest BCUT2D eigenvalue weighted by molar-refractivity contribution is -0.105. The van der Waals surface area contributed by atoms with Crippen molar-refractivity contribution in [1.29, 1.82) is 0 Å². The Morgan fingerprint density at radius 1 is 0.792 bits per heavy atom. The summed E-state index contributed by atoms with van der Waals surface area (Å²) >= 11 is 0. The van der Waals surface area contributed by atoms with Gasteiger partial charge in [-0.1, -0.05) is 27.2 Å². The molecule has 5 fully saturated rings. The molecule has 5 rings (SSSR count). The second kappa shape index (κ2) is 5.04. The van der Waals surface area contributed by atoms with E-state index >= 15 is 0 Å². The van der Waals surface area contributed by atoms with E-state index in [4.69, 9.17) is 0 Å². The molecular formula is C24H40. The number of rotatable bonds is 3. The second-order valence-corrected chi connectivity index (χ2v) is 11.7. The van der Waals surface area contributed by atoms with Crippen LogP contribution in [-0.2, 0) is 0 Å². The van der Waals surface area contributed by atoms with Crippen LogP contribution >= 0.6 is 0 Å². The molecule has 0 aromatic carbocycles. The van der Waals surface area contributed by atoms with Gasteiger partial charge in [-0.05, 0) is 123 Å². The number of fused-ring (bicyclic) bond motifs is 3. The molecule has 5 saturated carbocycles. The van der Waals surface area contributed by atoms with Crippen LogP contribution in [0.5, 0.6) is 0 Å². The molecule has 5 aliphatic carbocycles. The minimum atomic E-state index is 0.694. The fourth-order valence-electron chi connectivity index (χ4n) is 8.53. The maximum absolute atomic E-state index is 2.74. The Morgan fingerprint density at radius 2 is 1.54 bits per heavy atom. The lowest BCUT2D eigenvalue weighted by Crippen LogP contribution is -2.51. The van der Waals surface area contributed by atoms with Crippen LogP contribution in [0, 0.1) is 39.4 Å². The molecule has 0 heterocycles. The van der Waals surface area contributed by atoms with Crippen molar-refractivity contribution in [3.63, 3.8) is 0 Å².